The second-order valence-corrected chi connectivity index (χ2v) is 6.06. The third-order valence-corrected chi connectivity index (χ3v) is 3.82. The molecule has 0 aromatic carbocycles. The zero-order valence-corrected chi connectivity index (χ0v) is 10.1. The lowest BCUT2D eigenvalue weighted by atomic mass is 10.0. The van der Waals surface area contributed by atoms with Crippen molar-refractivity contribution in [3.63, 3.8) is 0 Å². The van der Waals surface area contributed by atoms with E-state index in [0.717, 1.165) is 12.8 Å². The molecule has 0 heterocycles. The third kappa shape index (κ3) is 4.46. The summed E-state index contributed by atoms with van der Waals surface area (Å²) in [4.78, 5) is 0. The average Bonchev–Trinajstić information content (AvgIpc) is 2.48. The molecule has 0 saturated heterocycles. The molecule has 0 spiro atoms. The van der Waals surface area contributed by atoms with Gasteiger partial charge in [0.1, 0.15) is 0 Å². The van der Waals surface area contributed by atoms with Crippen molar-refractivity contribution < 1.29 is 13.5 Å². The number of hydrogen-bond donors (Lipinski definition) is 3. The second-order valence-electron chi connectivity index (χ2n) is 4.53. The van der Waals surface area contributed by atoms with E-state index in [1.807, 2.05) is 0 Å². The molecular weight excluding hydrogens is 216 g/mol. The average molecular weight is 236 g/mol. The van der Waals surface area contributed by atoms with Gasteiger partial charge in [-0.25, -0.2) is 0 Å². The molecule has 1 aliphatic rings. The van der Waals surface area contributed by atoms with Gasteiger partial charge in [-0.2, -0.15) is 17.9 Å². The number of nitrogens with one attached hydrogen (secondary N) is 2. The highest BCUT2D eigenvalue weighted by Gasteiger charge is 2.32. The summed E-state index contributed by atoms with van der Waals surface area (Å²) in [5.41, 5.74) is -0.842. The van der Waals surface area contributed by atoms with E-state index in [9.17, 15) is 13.5 Å². The molecule has 3 N–H and O–H groups in total. The van der Waals surface area contributed by atoms with Crippen molar-refractivity contribution in [1.29, 1.82) is 0 Å². The van der Waals surface area contributed by atoms with E-state index in [2.05, 4.69) is 9.44 Å². The van der Waals surface area contributed by atoms with Gasteiger partial charge in [0, 0.05) is 12.6 Å². The van der Waals surface area contributed by atoms with E-state index in [4.69, 9.17) is 0 Å². The van der Waals surface area contributed by atoms with E-state index >= 15 is 0 Å². The Morgan fingerprint density at radius 3 is 2.33 bits per heavy atom. The predicted molar refractivity (Wildman–Crippen MR) is 58.6 cm³/mol. The van der Waals surface area contributed by atoms with E-state index in [1.165, 1.54) is 0 Å². The fourth-order valence-corrected chi connectivity index (χ4v) is 2.95. The molecule has 0 bridgehead atoms. The molecule has 1 aliphatic carbocycles. The Kier molecular flexibility index (Phi) is 4.11. The summed E-state index contributed by atoms with van der Waals surface area (Å²) in [6, 6.07) is -0.138. The van der Waals surface area contributed by atoms with Crippen molar-refractivity contribution in [2.45, 2.75) is 51.2 Å². The fraction of sp³-hybridized carbons (Fsp3) is 1.00. The lowest BCUT2D eigenvalue weighted by Crippen LogP contribution is -2.47. The van der Waals surface area contributed by atoms with E-state index in [-0.39, 0.29) is 12.6 Å². The zero-order chi connectivity index (χ0) is 11.5. The molecule has 1 rings (SSSR count). The molecule has 0 unspecified atom stereocenters. The van der Waals surface area contributed by atoms with Gasteiger partial charge in [0.2, 0.25) is 0 Å². The summed E-state index contributed by atoms with van der Waals surface area (Å²) >= 11 is 0. The maximum absolute atomic E-state index is 11.4. The van der Waals surface area contributed by atoms with Gasteiger partial charge < -0.3 is 5.11 Å². The summed E-state index contributed by atoms with van der Waals surface area (Å²) in [6.07, 6.45) is 3.29. The molecule has 0 amide bonds. The van der Waals surface area contributed by atoms with Crippen LogP contribution < -0.4 is 9.44 Å². The fourth-order valence-electron chi connectivity index (χ4n) is 1.79. The molecule has 90 valence electrons. The van der Waals surface area contributed by atoms with Gasteiger partial charge in [-0.3, -0.25) is 0 Å². The molecule has 5 nitrogen and oxygen atoms in total. The van der Waals surface area contributed by atoms with Gasteiger partial charge >= 0.3 is 0 Å². The highest BCUT2D eigenvalue weighted by Crippen LogP contribution is 2.28. The Bertz CT molecular complexity index is 294. The van der Waals surface area contributed by atoms with Crippen LogP contribution in [0, 0.1) is 0 Å². The van der Waals surface area contributed by atoms with Crippen LogP contribution in [0.5, 0.6) is 0 Å². The quantitative estimate of drug-likeness (QED) is 0.634. The van der Waals surface area contributed by atoms with Crippen LogP contribution in [0.4, 0.5) is 0 Å². The summed E-state index contributed by atoms with van der Waals surface area (Å²) in [7, 11) is -3.47. The van der Waals surface area contributed by atoms with Crippen LogP contribution in [-0.4, -0.2) is 31.7 Å². The van der Waals surface area contributed by atoms with E-state index < -0.39 is 15.8 Å². The minimum atomic E-state index is -3.47. The monoisotopic (exact) mass is 236 g/mol. The van der Waals surface area contributed by atoms with Crippen molar-refractivity contribution in [2.24, 2.45) is 0 Å². The van der Waals surface area contributed by atoms with E-state index in [1.54, 1.807) is 13.8 Å². The van der Waals surface area contributed by atoms with Crippen LogP contribution in [0.1, 0.15) is 39.5 Å². The van der Waals surface area contributed by atoms with Crippen molar-refractivity contribution in [2.75, 3.05) is 6.54 Å². The third-order valence-electron chi connectivity index (χ3n) is 2.52. The summed E-state index contributed by atoms with van der Waals surface area (Å²) in [6.45, 7) is 3.61. The Labute approximate surface area is 91.4 Å². The van der Waals surface area contributed by atoms with Gasteiger partial charge in [0.05, 0.1) is 5.60 Å². The van der Waals surface area contributed by atoms with Crippen molar-refractivity contribution in [3.8, 4) is 0 Å². The minimum absolute atomic E-state index is 0.106. The first-order valence-electron chi connectivity index (χ1n) is 5.32. The zero-order valence-electron chi connectivity index (χ0n) is 9.28. The van der Waals surface area contributed by atoms with Crippen LogP contribution in [0.25, 0.3) is 0 Å². The maximum atomic E-state index is 11.4. The summed E-state index contributed by atoms with van der Waals surface area (Å²) in [5, 5.41) is 9.93. The molecule has 0 radical (unpaired) electrons. The first-order valence-corrected chi connectivity index (χ1v) is 6.81. The van der Waals surface area contributed by atoms with Crippen LogP contribution in [0.2, 0.25) is 0 Å². The van der Waals surface area contributed by atoms with Crippen molar-refractivity contribution >= 4 is 10.2 Å². The standard InChI is InChI=1S/C9H20N2O3S/c1-8(2)11-15(13,14)10-7-9(12)5-3-4-6-9/h8,10-12H,3-7H2,1-2H3. The van der Waals surface area contributed by atoms with Crippen molar-refractivity contribution in [1.82, 2.24) is 9.44 Å². The lowest BCUT2D eigenvalue weighted by molar-refractivity contribution is 0.0530. The van der Waals surface area contributed by atoms with Crippen LogP contribution in [0.3, 0.4) is 0 Å². The topological polar surface area (TPSA) is 78.4 Å². The molecule has 0 atom stereocenters. The summed E-state index contributed by atoms with van der Waals surface area (Å²) < 4.78 is 27.6. The van der Waals surface area contributed by atoms with Crippen molar-refractivity contribution in [3.05, 3.63) is 0 Å². The molecule has 0 aromatic rings. The van der Waals surface area contributed by atoms with Gasteiger partial charge in [0.25, 0.3) is 10.2 Å². The molecule has 6 heteroatoms. The second kappa shape index (κ2) is 4.78. The van der Waals surface area contributed by atoms with Gasteiger partial charge in [0.15, 0.2) is 0 Å². The normalized spacial score (nSPS) is 21.1. The molecule has 15 heavy (non-hydrogen) atoms. The van der Waals surface area contributed by atoms with Crippen LogP contribution in [0.15, 0.2) is 0 Å². The molecule has 1 fully saturated rings. The van der Waals surface area contributed by atoms with Crippen LogP contribution in [-0.2, 0) is 10.2 Å². The maximum Gasteiger partial charge on any atom is 0.277 e. The van der Waals surface area contributed by atoms with Gasteiger partial charge in [-0.05, 0) is 26.7 Å². The SMILES string of the molecule is CC(C)NS(=O)(=O)NCC1(O)CCCC1. The smallest absolute Gasteiger partial charge is 0.277 e. The number of aliphatic hydroxyl groups is 1. The molecule has 1 saturated carbocycles. The predicted octanol–water partition coefficient (Wildman–Crippen LogP) is 0.124. The Balaban J connectivity index is 2.42. The minimum Gasteiger partial charge on any atom is -0.389 e. The largest absolute Gasteiger partial charge is 0.389 e. The summed E-state index contributed by atoms with van der Waals surface area (Å²) in [5.74, 6) is 0. The first kappa shape index (κ1) is 12.9. The Hall–Kier alpha value is -0.170. The number of rotatable bonds is 5. The molecular formula is C9H20N2O3S. The Morgan fingerprint density at radius 1 is 1.33 bits per heavy atom. The van der Waals surface area contributed by atoms with E-state index in [0.29, 0.717) is 12.8 Å². The number of hydrogen-bond acceptors (Lipinski definition) is 3. The van der Waals surface area contributed by atoms with Gasteiger partial charge in [-0.1, -0.05) is 12.8 Å². The molecule has 0 aliphatic heterocycles. The van der Waals surface area contributed by atoms with Crippen LogP contribution >= 0.6 is 0 Å². The molecule has 0 aromatic heterocycles. The first-order chi connectivity index (χ1) is 6.83. The highest BCUT2D eigenvalue weighted by molar-refractivity contribution is 7.87. The Morgan fingerprint density at radius 2 is 1.87 bits per heavy atom. The van der Waals surface area contributed by atoms with Gasteiger partial charge in [-0.15, -0.1) is 0 Å². The highest BCUT2D eigenvalue weighted by atomic mass is 32.2. The lowest BCUT2D eigenvalue weighted by Gasteiger charge is -2.22.